The van der Waals surface area contributed by atoms with Crippen molar-refractivity contribution in [3.63, 3.8) is 0 Å². The van der Waals surface area contributed by atoms with Gasteiger partial charge in [0.25, 0.3) is 5.91 Å². The van der Waals surface area contributed by atoms with E-state index in [9.17, 15) is 14.7 Å². The zero-order valence-electron chi connectivity index (χ0n) is 21.6. The van der Waals surface area contributed by atoms with Crippen LogP contribution in [0.15, 0.2) is 36.4 Å². The van der Waals surface area contributed by atoms with E-state index in [0.29, 0.717) is 36.6 Å². The predicted molar refractivity (Wildman–Crippen MR) is 138 cm³/mol. The number of nitrogens with one attached hydrogen (secondary N) is 1. The molecule has 2 amide bonds. The van der Waals surface area contributed by atoms with Gasteiger partial charge in [-0.2, -0.15) is 0 Å². The van der Waals surface area contributed by atoms with Crippen LogP contribution in [0.5, 0.6) is 17.2 Å². The fraction of sp³-hybridized carbons (Fsp3) is 0.500. The molecule has 37 heavy (non-hydrogen) atoms. The predicted octanol–water partition coefficient (Wildman–Crippen LogP) is 3.12. The van der Waals surface area contributed by atoms with E-state index in [2.05, 4.69) is 17.1 Å². The molecule has 2 N–H and O–H groups in total. The molecule has 0 radical (unpaired) electrons. The summed E-state index contributed by atoms with van der Waals surface area (Å²) in [6.45, 7) is 5.71. The first-order chi connectivity index (χ1) is 17.8. The number of carbonyl (C=O) groups is 2. The number of anilines is 1. The van der Waals surface area contributed by atoms with E-state index in [1.807, 2.05) is 32.2 Å². The molecule has 3 atom stereocenters. The number of amides is 2. The van der Waals surface area contributed by atoms with E-state index in [1.54, 1.807) is 23.1 Å². The molecular weight excluding hydrogens is 474 g/mol. The molecule has 0 spiro atoms. The van der Waals surface area contributed by atoms with Crippen molar-refractivity contribution in [3.05, 3.63) is 47.5 Å². The van der Waals surface area contributed by atoms with Gasteiger partial charge in [0.15, 0.2) is 17.2 Å². The standard InChI is InChI=1S/C28H35N3O6/c1-17-12-31(18(2)15-32)28(34)21-5-4-6-22(29-27(33)20-8-9-20)26(21)37-25(17)14-30(3)13-19-7-10-23-24(11-19)36-16-35-23/h4-7,10-11,17-18,20,25,32H,8-9,12-16H2,1-3H3,(H,29,33)/t17-,18+,25+/m1/s1. The number of para-hydroxylation sites is 1. The number of hydrogen-bond acceptors (Lipinski definition) is 7. The maximum Gasteiger partial charge on any atom is 0.258 e. The second kappa shape index (κ2) is 10.6. The number of nitrogens with zero attached hydrogens (tertiary/aromatic N) is 2. The minimum absolute atomic E-state index is 0.0218. The Hall–Kier alpha value is -3.30. The van der Waals surface area contributed by atoms with Gasteiger partial charge in [-0.05, 0) is 56.6 Å². The molecule has 2 heterocycles. The Morgan fingerprint density at radius 2 is 2.00 bits per heavy atom. The number of hydrogen-bond donors (Lipinski definition) is 2. The van der Waals surface area contributed by atoms with Gasteiger partial charge in [0.05, 0.1) is 23.9 Å². The van der Waals surface area contributed by atoms with E-state index in [4.69, 9.17) is 14.2 Å². The highest BCUT2D eigenvalue weighted by Gasteiger charge is 2.36. The summed E-state index contributed by atoms with van der Waals surface area (Å²) in [5.41, 5.74) is 2.00. The van der Waals surface area contributed by atoms with E-state index >= 15 is 0 Å². The molecule has 0 bridgehead atoms. The van der Waals surface area contributed by atoms with Crippen molar-refractivity contribution in [2.24, 2.45) is 11.8 Å². The number of aliphatic hydroxyl groups is 1. The molecular formula is C28H35N3O6. The van der Waals surface area contributed by atoms with Gasteiger partial charge in [0.1, 0.15) is 6.10 Å². The van der Waals surface area contributed by atoms with Crippen molar-refractivity contribution in [1.82, 2.24) is 9.80 Å². The zero-order chi connectivity index (χ0) is 26.1. The lowest BCUT2D eigenvalue weighted by molar-refractivity contribution is -0.117. The highest BCUT2D eigenvalue weighted by atomic mass is 16.7. The molecule has 2 aromatic rings. The Labute approximate surface area is 217 Å². The highest BCUT2D eigenvalue weighted by Crippen LogP contribution is 2.37. The number of fused-ring (bicyclic) bond motifs is 2. The fourth-order valence-corrected chi connectivity index (χ4v) is 4.86. The Bertz CT molecular complexity index is 1170. The number of aliphatic hydroxyl groups excluding tert-OH is 1. The third-order valence-corrected chi connectivity index (χ3v) is 7.28. The van der Waals surface area contributed by atoms with Crippen molar-refractivity contribution in [2.45, 2.75) is 45.4 Å². The molecule has 2 aromatic carbocycles. The molecule has 9 heteroatoms. The van der Waals surface area contributed by atoms with Gasteiger partial charge in [-0.15, -0.1) is 0 Å². The lowest BCUT2D eigenvalue weighted by atomic mass is 9.98. The average Bonchev–Trinajstić information content (AvgIpc) is 3.64. The summed E-state index contributed by atoms with van der Waals surface area (Å²) in [7, 11) is 2.03. The van der Waals surface area contributed by atoms with Crippen LogP contribution in [0.4, 0.5) is 5.69 Å². The smallest absolute Gasteiger partial charge is 0.258 e. The van der Waals surface area contributed by atoms with E-state index in [0.717, 1.165) is 29.9 Å². The van der Waals surface area contributed by atoms with Crippen LogP contribution >= 0.6 is 0 Å². The highest BCUT2D eigenvalue weighted by molar-refractivity contribution is 6.02. The summed E-state index contributed by atoms with van der Waals surface area (Å²) < 4.78 is 17.5. The summed E-state index contributed by atoms with van der Waals surface area (Å²) in [5.74, 6) is 1.63. The Kier molecular flexibility index (Phi) is 7.26. The molecule has 198 valence electrons. The number of ether oxygens (including phenoxy) is 3. The second-order valence-corrected chi connectivity index (χ2v) is 10.5. The second-order valence-electron chi connectivity index (χ2n) is 10.5. The molecule has 5 rings (SSSR count). The van der Waals surface area contributed by atoms with Crippen molar-refractivity contribution >= 4 is 17.5 Å². The van der Waals surface area contributed by atoms with Gasteiger partial charge in [-0.1, -0.05) is 19.1 Å². The maximum atomic E-state index is 13.6. The minimum atomic E-state index is -0.349. The summed E-state index contributed by atoms with van der Waals surface area (Å²) in [6, 6.07) is 10.9. The van der Waals surface area contributed by atoms with E-state index in [1.165, 1.54) is 0 Å². The van der Waals surface area contributed by atoms with Gasteiger partial charge >= 0.3 is 0 Å². The van der Waals surface area contributed by atoms with Crippen LogP contribution in [-0.2, 0) is 11.3 Å². The normalized spacial score (nSPS) is 21.6. The fourth-order valence-electron chi connectivity index (χ4n) is 4.86. The molecule has 1 saturated carbocycles. The Balaban J connectivity index is 1.41. The van der Waals surface area contributed by atoms with Crippen LogP contribution in [-0.4, -0.2) is 72.4 Å². The first kappa shape index (κ1) is 25.4. The molecule has 0 aromatic heterocycles. The largest absolute Gasteiger partial charge is 0.486 e. The van der Waals surface area contributed by atoms with Gasteiger partial charge < -0.3 is 29.5 Å². The molecule has 9 nitrogen and oxygen atoms in total. The first-order valence-corrected chi connectivity index (χ1v) is 12.9. The summed E-state index contributed by atoms with van der Waals surface area (Å²) in [5, 5.41) is 12.9. The minimum Gasteiger partial charge on any atom is -0.486 e. The SMILES string of the molecule is C[C@@H]1CN([C@@H](C)CO)C(=O)c2cccc(NC(=O)C3CC3)c2O[C@H]1CN(C)Cc1ccc2c(c1)OCO2. The number of rotatable bonds is 8. The van der Waals surface area contributed by atoms with Crippen LogP contribution in [0.3, 0.4) is 0 Å². The monoisotopic (exact) mass is 509 g/mol. The van der Waals surface area contributed by atoms with Crippen LogP contribution in [0.2, 0.25) is 0 Å². The number of carbonyl (C=O) groups excluding carboxylic acids is 2. The van der Waals surface area contributed by atoms with Crippen molar-refractivity contribution in [1.29, 1.82) is 0 Å². The van der Waals surface area contributed by atoms with Crippen molar-refractivity contribution < 1.29 is 28.9 Å². The molecule has 1 aliphatic carbocycles. The third kappa shape index (κ3) is 5.52. The van der Waals surface area contributed by atoms with E-state index < -0.39 is 0 Å². The molecule has 1 fully saturated rings. The van der Waals surface area contributed by atoms with Crippen molar-refractivity contribution in [3.8, 4) is 17.2 Å². The summed E-state index contributed by atoms with van der Waals surface area (Å²) >= 11 is 0. The Morgan fingerprint density at radius 1 is 1.22 bits per heavy atom. The van der Waals surface area contributed by atoms with Crippen LogP contribution < -0.4 is 19.5 Å². The molecule has 2 aliphatic heterocycles. The number of likely N-dealkylation sites (N-methyl/N-ethyl adjacent to an activating group) is 1. The maximum absolute atomic E-state index is 13.6. The third-order valence-electron chi connectivity index (χ3n) is 7.28. The summed E-state index contributed by atoms with van der Waals surface area (Å²) in [4.78, 5) is 30.1. The van der Waals surface area contributed by atoms with Crippen LogP contribution in [0, 0.1) is 11.8 Å². The summed E-state index contributed by atoms with van der Waals surface area (Å²) in [6.07, 6.45) is 1.50. The molecule has 0 saturated heterocycles. The first-order valence-electron chi connectivity index (χ1n) is 12.9. The van der Waals surface area contributed by atoms with Crippen LogP contribution in [0.25, 0.3) is 0 Å². The lowest BCUT2D eigenvalue weighted by Gasteiger charge is -2.38. The topological polar surface area (TPSA) is 101 Å². The molecule has 0 unspecified atom stereocenters. The molecule has 3 aliphatic rings. The van der Waals surface area contributed by atoms with E-state index in [-0.39, 0.29) is 49.2 Å². The van der Waals surface area contributed by atoms with Gasteiger partial charge in [-0.3, -0.25) is 14.5 Å². The Morgan fingerprint density at radius 3 is 2.76 bits per heavy atom. The number of benzene rings is 2. The lowest BCUT2D eigenvalue weighted by Crippen LogP contribution is -2.49. The van der Waals surface area contributed by atoms with Gasteiger partial charge in [0, 0.05) is 31.5 Å². The zero-order valence-corrected chi connectivity index (χ0v) is 21.6. The average molecular weight is 510 g/mol. The van der Waals surface area contributed by atoms with Gasteiger partial charge in [-0.25, -0.2) is 0 Å². The van der Waals surface area contributed by atoms with Crippen LogP contribution in [0.1, 0.15) is 42.6 Å². The van der Waals surface area contributed by atoms with Crippen molar-refractivity contribution in [2.75, 3.05) is 38.9 Å². The van der Waals surface area contributed by atoms with Gasteiger partial charge in [0.2, 0.25) is 12.7 Å². The quantitative estimate of drug-likeness (QED) is 0.564.